The van der Waals surface area contributed by atoms with E-state index in [1.165, 1.54) is 30.3 Å². The van der Waals surface area contributed by atoms with Crippen LogP contribution < -0.4 is 9.47 Å². The number of hydrogen-bond donors (Lipinski definition) is 1. The van der Waals surface area contributed by atoms with E-state index in [9.17, 15) is 22.0 Å². The molecule has 0 aliphatic rings. The van der Waals surface area contributed by atoms with E-state index in [0.717, 1.165) is 12.1 Å². The van der Waals surface area contributed by atoms with E-state index in [4.69, 9.17) is 10.00 Å². The normalized spacial score (nSPS) is 11.3. The quantitative estimate of drug-likeness (QED) is 0.603. The average Bonchev–Trinajstić information content (AvgIpc) is 3.15. The van der Waals surface area contributed by atoms with Crippen LogP contribution in [0.15, 0.2) is 42.5 Å². The van der Waals surface area contributed by atoms with Crippen molar-refractivity contribution in [1.29, 1.82) is 5.26 Å². The summed E-state index contributed by atoms with van der Waals surface area (Å²) in [6.07, 6.45) is -4.53. The van der Waals surface area contributed by atoms with E-state index < -0.39 is 18.4 Å². The molecule has 1 heterocycles. The van der Waals surface area contributed by atoms with E-state index in [-0.39, 0.29) is 35.1 Å². The molecule has 0 radical (unpaired) electrons. The van der Waals surface area contributed by atoms with Crippen molar-refractivity contribution < 1.29 is 31.4 Å². The third kappa shape index (κ3) is 4.78. The van der Waals surface area contributed by atoms with E-state index >= 15 is 0 Å². The monoisotopic (exact) mass is 410 g/mol. The molecule has 150 valence electrons. The largest absolute Gasteiger partial charge is 0.485 e. The van der Waals surface area contributed by atoms with Gasteiger partial charge in [-0.15, -0.1) is 5.10 Å². The van der Waals surface area contributed by atoms with E-state index in [2.05, 4.69) is 20.1 Å². The number of nitrogens with zero attached hydrogens (tertiary/aromatic N) is 3. The minimum absolute atomic E-state index is 0.0383. The number of rotatable bonds is 6. The third-order valence-corrected chi connectivity index (χ3v) is 3.74. The van der Waals surface area contributed by atoms with Gasteiger partial charge in [-0.1, -0.05) is 17.3 Å². The maximum atomic E-state index is 12.8. The smallest absolute Gasteiger partial charge is 0.416 e. The van der Waals surface area contributed by atoms with Crippen LogP contribution in [0.5, 0.6) is 11.5 Å². The zero-order valence-electron chi connectivity index (χ0n) is 14.4. The van der Waals surface area contributed by atoms with Crippen LogP contribution in [0.3, 0.4) is 0 Å². The first kappa shape index (κ1) is 20.1. The molecule has 0 aliphatic carbocycles. The summed E-state index contributed by atoms with van der Waals surface area (Å²) in [6, 6.07) is 10.1. The van der Waals surface area contributed by atoms with Crippen molar-refractivity contribution in [1.82, 2.24) is 15.4 Å². The van der Waals surface area contributed by atoms with Gasteiger partial charge >= 0.3 is 12.8 Å². The molecule has 1 N–H and O–H groups in total. The first-order valence-corrected chi connectivity index (χ1v) is 7.97. The minimum atomic E-state index is -4.53. The Bertz CT molecular complexity index is 1040. The first-order valence-electron chi connectivity index (χ1n) is 7.97. The predicted molar refractivity (Wildman–Crippen MR) is 88.9 cm³/mol. The van der Waals surface area contributed by atoms with Gasteiger partial charge in [0.2, 0.25) is 0 Å². The number of ether oxygens (including phenoxy) is 2. The van der Waals surface area contributed by atoms with Crippen molar-refractivity contribution in [2.45, 2.75) is 19.4 Å². The molecular formula is C18H11F5N4O2. The van der Waals surface area contributed by atoms with Crippen LogP contribution in [0.1, 0.15) is 16.8 Å². The maximum Gasteiger partial charge on any atom is 0.416 e. The Morgan fingerprint density at radius 2 is 1.90 bits per heavy atom. The molecule has 3 aromatic rings. The number of hydrogen-bond acceptors (Lipinski definition) is 5. The highest BCUT2D eigenvalue weighted by Gasteiger charge is 2.30. The van der Waals surface area contributed by atoms with Gasteiger partial charge in [-0.2, -0.15) is 27.2 Å². The fraction of sp³-hybridized carbons (Fsp3) is 0.167. The predicted octanol–water partition coefficient (Wildman–Crippen LogP) is 4.54. The van der Waals surface area contributed by atoms with Gasteiger partial charge in [0.05, 0.1) is 5.56 Å². The Morgan fingerprint density at radius 3 is 2.59 bits per heavy atom. The summed E-state index contributed by atoms with van der Waals surface area (Å²) < 4.78 is 73.7. The second kappa shape index (κ2) is 8.14. The van der Waals surface area contributed by atoms with Crippen molar-refractivity contribution >= 4 is 0 Å². The zero-order chi connectivity index (χ0) is 21.0. The molecule has 0 amide bonds. The van der Waals surface area contributed by atoms with Crippen molar-refractivity contribution in [3.05, 3.63) is 59.3 Å². The molecule has 2 aromatic carbocycles. The van der Waals surface area contributed by atoms with Crippen molar-refractivity contribution in [2.24, 2.45) is 0 Å². The first-order chi connectivity index (χ1) is 13.8. The van der Waals surface area contributed by atoms with Gasteiger partial charge < -0.3 is 9.47 Å². The average molecular weight is 410 g/mol. The maximum absolute atomic E-state index is 12.8. The molecule has 6 nitrogen and oxygen atoms in total. The molecule has 11 heteroatoms. The van der Waals surface area contributed by atoms with Gasteiger partial charge in [-0.25, -0.2) is 5.10 Å². The molecule has 0 saturated carbocycles. The van der Waals surface area contributed by atoms with Gasteiger partial charge in [0.1, 0.15) is 18.4 Å². The summed E-state index contributed by atoms with van der Waals surface area (Å²) in [5.74, 6) is -0.482. The summed E-state index contributed by atoms with van der Waals surface area (Å²) in [7, 11) is 0. The second-order valence-corrected chi connectivity index (χ2v) is 5.67. The Balaban J connectivity index is 1.90. The molecule has 1 aromatic heterocycles. The van der Waals surface area contributed by atoms with Crippen LogP contribution in [-0.2, 0) is 12.8 Å². The number of halogens is 5. The number of benzene rings is 2. The van der Waals surface area contributed by atoms with Gasteiger partial charge in [0.15, 0.2) is 17.2 Å². The Hall–Kier alpha value is -3.68. The lowest BCUT2D eigenvalue weighted by atomic mass is 10.1. The van der Waals surface area contributed by atoms with Crippen LogP contribution in [0.4, 0.5) is 22.0 Å². The van der Waals surface area contributed by atoms with E-state index in [0.29, 0.717) is 5.56 Å². The molecule has 0 spiro atoms. The molecule has 0 fully saturated rings. The minimum Gasteiger partial charge on any atom is -0.485 e. The lowest BCUT2D eigenvalue weighted by Gasteiger charge is -2.14. The zero-order valence-corrected chi connectivity index (χ0v) is 14.4. The summed E-state index contributed by atoms with van der Waals surface area (Å²) in [4.78, 5) is 0. The number of aromatic amines is 1. The lowest BCUT2D eigenvalue weighted by Crippen LogP contribution is -2.07. The highest BCUT2D eigenvalue weighted by atomic mass is 19.4. The van der Waals surface area contributed by atoms with Gasteiger partial charge in [0, 0.05) is 5.56 Å². The number of aromatic nitrogens is 3. The fourth-order valence-electron chi connectivity index (χ4n) is 2.47. The molecule has 0 unspecified atom stereocenters. The van der Waals surface area contributed by atoms with Crippen LogP contribution in [0, 0.1) is 11.3 Å². The van der Waals surface area contributed by atoms with Crippen LogP contribution >= 0.6 is 0 Å². The number of nitrogens with one attached hydrogen (secondary N) is 1. The lowest BCUT2D eigenvalue weighted by molar-refractivity contribution is -0.137. The summed E-state index contributed by atoms with van der Waals surface area (Å²) in [6.45, 7) is -3.48. The number of alkyl halides is 5. The summed E-state index contributed by atoms with van der Waals surface area (Å²) >= 11 is 0. The van der Waals surface area contributed by atoms with Crippen molar-refractivity contribution in [2.75, 3.05) is 0 Å². The highest BCUT2D eigenvalue weighted by Crippen LogP contribution is 2.35. The number of nitriles is 1. The molecule has 0 saturated heterocycles. The van der Waals surface area contributed by atoms with Crippen molar-refractivity contribution in [3.8, 4) is 28.8 Å². The summed E-state index contributed by atoms with van der Waals surface area (Å²) in [5, 5.41) is 18.7. The second-order valence-electron chi connectivity index (χ2n) is 5.67. The van der Waals surface area contributed by atoms with Crippen LogP contribution in [0.25, 0.3) is 11.3 Å². The third-order valence-electron chi connectivity index (χ3n) is 3.74. The van der Waals surface area contributed by atoms with Crippen molar-refractivity contribution in [3.63, 3.8) is 0 Å². The number of H-pyrrole nitrogens is 1. The molecule has 29 heavy (non-hydrogen) atoms. The Morgan fingerprint density at radius 1 is 1.10 bits per heavy atom. The molecular weight excluding hydrogens is 399 g/mol. The Kier molecular flexibility index (Phi) is 5.63. The standard InChI is InChI=1S/C18H11F5N4O2/c19-17(20)29-14-5-4-11(16-13(8-24)25-27-26-16)7-15(14)28-9-10-2-1-3-12(6-10)18(21,22)23/h1-7,17H,9H2,(H,25,26,27). The van der Waals surface area contributed by atoms with Gasteiger partial charge in [-0.05, 0) is 35.9 Å². The highest BCUT2D eigenvalue weighted by molar-refractivity contribution is 5.67. The topological polar surface area (TPSA) is 83.8 Å². The molecule has 0 bridgehead atoms. The molecule has 3 rings (SSSR count). The van der Waals surface area contributed by atoms with Gasteiger partial charge in [-0.3, -0.25) is 0 Å². The van der Waals surface area contributed by atoms with Crippen LogP contribution in [-0.4, -0.2) is 22.0 Å². The van der Waals surface area contributed by atoms with Gasteiger partial charge in [0.25, 0.3) is 0 Å². The fourth-order valence-corrected chi connectivity index (χ4v) is 2.47. The van der Waals surface area contributed by atoms with E-state index in [1.807, 2.05) is 6.07 Å². The molecule has 0 aliphatic heterocycles. The van der Waals surface area contributed by atoms with Crippen LogP contribution in [0.2, 0.25) is 0 Å². The SMILES string of the molecule is N#Cc1[nH]nnc1-c1ccc(OC(F)F)c(OCc2cccc(C(F)(F)F)c2)c1. The molecule has 0 atom stereocenters. The van der Waals surface area contributed by atoms with E-state index in [1.54, 1.807) is 0 Å². The Labute approximate surface area is 160 Å². The summed E-state index contributed by atoms with van der Waals surface area (Å²) in [5.41, 5.74) is -0.183.